The van der Waals surface area contributed by atoms with Gasteiger partial charge in [-0.1, -0.05) is 0 Å². The van der Waals surface area contributed by atoms with Crippen molar-refractivity contribution in [3.8, 4) is 0 Å². The Bertz CT molecular complexity index is 28.7. The Hall–Kier alpha value is 1.33. The topological polar surface area (TPSA) is 0 Å². The number of rotatable bonds is 2. The monoisotopic (exact) mass is 190 g/mol. The molecule has 0 aromatic rings. The molecule has 0 heterocycles. The molecule has 0 saturated heterocycles. The summed E-state index contributed by atoms with van der Waals surface area (Å²) in [4.78, 5) is 0. The van der Waals surface area contributed by atoms with Crippen LogP contribution in [0.5, 0.6) is 0 Å². The molecule has 0 aliphatic carbocycles. The summed E-state index contributed by atoms with van der Waals surface area (Å²) in [6.45, 7) is 2.22. The fourth-order valence-electron chi connectivity index (χ4n) is 0.398. The fraction of sp³-hybridized carbons (Fsp3) is 1.00. The van der Waals surface area contributed by atoms with Crippen molar-refractivity contribution in [3.63, 3.8) is 0 Å². The van der Waals surface area contributed by atoms with Crippen LogP contribution in [0.3, 0.4) is 0 Å². The Labute approximate surface area is 62.4 Å². The minimum atomic E-state index is 0.868. The van der Waals surface area contributed by atoms with Crippen LogP contribution in [-0.2, 0) is 0 Å². The third kappa shape index (κ3) is 5.33. The van der Waals surface area contributed by atoms with Gasteiger partial charge >= 0.3 is 62.7 Å². The van der Waals surface area contributed by atoms with E-state index in [0.29, 0.717) is 0 Å². The van der Waals surface area contributed by atoms with Crippen LogP contribution >= 0.6 is 22.6 Å². The molecule has 0 saturated carbocycles. The number of alkyl halides is 1. The van der Waals surface area contributed by atoms with Crippen molar-refractivity contribution in [2.24, 2.45) is 0 Å². The molecule has 0 bridgehead atoms. The quantitative estimate of drug-likeness (QED) is 0.353. The van der Waals surface area contributed by atoms with E-state index < -0.39 is 0 Å². The fourth-order valence-corrected chi connectivity index (χ4v) is 1.02. The van der Waals surface area contributed by atoms with E-state index >= 15 is 0 Å². The second-order valence-corrected chi connectivity index (χ2v) is 3.70. The van der Waals surface area contributed by atoms with E-state index in [1.165, 1.54) is 12.8 Å². The molecule has 6 heavy (non-hydrogen) atoms. The van der Waals surface area contributed by atoms with Crippen molar-refractivity contribution in [1.82, 2.24) is 0 Å². The Morgan fingerprint density at radius 2 is 2.33 bits per heavy atom. The second kappa shape index (κ2) is 4.49. The van der Waals surface area contributed by atoms with Gasteiger partial charge in [-0.15, -0.1) is 0 Å². The Morgan fingerprint density at radius 3 is 2.33 bits per heavy atom. The van der Waals surface area contributed by atoms with Gasteiger partial charge in [-0.2, -0.15) is 0 Å². The van der Waals surface area contributed by atoms with E-state index in [4.69, 9.17) is 0 Å². The predicted molar refractivity (Wildman–Crippen MR) is 38.5 cm³/mol. The van der Waals surface area contributed by atoms with E-state index in [0.717, 1.165) is 2.60 Å². The first-order valence-electron chi connectivity index (χ1n) is 2.41. The van der Waals surface area contributed by atoms with Gasteiger partial charge in [-0.25, -0.2) is 0 Å². The van der Waals surface area contributed by atoms with Crippen LogP contribution in [-0.4, -0.2) is 20.3 Å². The molecular formula is C4H8ILi. The zero-order chi connectivity index (χ0) is 4.99. The summed E-state index contributed by atoms with van der Waals surface area (Å²) in [6.07, 6.45) is 2.69. The summed E-state index contributed by atoms with van der Waals surface area (Å²) in [5.74, 6) is 0. The zero-order valence-electron chi connectivity index (χ0n) is 4.37. The van der Waals surface area contributed by atoms with Crippen LogP contribution in [0.25, 0.3) is 0 Å². The van der Waals surface area contributed by atoms with Gasteiger partial charge in [0.05, 0.1) is 0 Å². The first kappa shape index (κ1) is 7.33. The van der Waals surface area contributed by atoms with Crippen molar-refractivity contribution in [1.29, 1.82) is 0 Å². The van der Waals surface area contributed by atoms with Crippen LogP contribution in [0.15, 0.2) is 0 Å². The van der Waals surface area contributed by atoms with E-state index in [1.807, 2.05) is 0 Å². The first-order valence-corrected chi connectivity index (χ1v) is 3.66. The van der Waals surface area contributed by atoms with E-state index in [9.17, 15) is 0 Å². The Morgan fingerprint density at radius 1 is 1.83 bits per heavy atom. The number of hydrogen-bond donors (Lipinski definition) is 0. The van der Waals surface area contributed by atoms with Crippen molar-refractivity contribution in [3.05, 3.63) is 0 Å². The molecule has 0 aliphatic rings. The van der Waals surface area contributed by atoms with Gasteiger partial charge in [0.2, 0.25) is 0 Å². The second-order valence-electron chi connectivity index (χ2n) is 1.57. The molecule has 0 aromatic heterocycles. The molecule has 0 amide bonds. The van der Waals surface area contributed by atoms with Crippen molar-refractivity contribution in [2.45, 2.75) is 22.4 Å². The van der Waals surface area contributed by atoms with E-state index in [2.05, 4.69) is 47.2 Å². The van der Waals surface area contributed by atoms with Gasteiger partial charge in [0.25, 0.3) is 0 Å². The average Bonchev–Trinajstić information content (AvgIpc) is 1.35. The van der Waals surface area contributed by atoms with E-state index in [-0.39, 0.29) is 0 Å². The molecule has 0 nitrogen and oxygen atoms in total. The molecule has 0 aliphatic heterocycles. The van der Waals surface area contributed by atoms with Gasteiger partial charge < -0.3 is 0 Å². The van der Waals surface area contributed by atoms with Crippen molar-refractivity contribution < 1.29 is 0 Å². The predicted octanol–water partition coefficient (Wildman–Crippen LogP) is 1.72. The molecule has 0 spiro atoms. The van der Waals surface area contributed by atoms with Gasteiger partial charge in [0.1, 0.15) is 0 Å². The normalized spacial score (nSPS) is 14.7. The Kier molecular flexibility index (Phi) is 5.48. The van der Waals surface area contributed by atoms with Crippen molar-refractivity contribution >= 4 is 40.3 Å². The Balaban J connectivity index is 2.63. The van der Waals surface area contributed by atoms with Gasteiger partial charge in [-0.3, -0.25) is 0 Å². The maximum atomic E-state index is 2.44. The molecule has 0 aromatic carbocycles. The zero-order valence-corrected chi connectivity index (χ0v) is 6.53. The molecule has 32 valence electrons. The first-order chi connectivity index (χ1) is 2.77. The van der Waals surface area contributed by atoms with Crippen LogP contribution in [0, 0.1) is 0 Å². The van der Waals surface area contributed by atoms with Gasteiger partial charge in [0, 0.05) is 0 Å². The third-order valence-corrected chi connectivity index (χ3v) is 1.31. The van der Waals surface area contributed by atoms with Crippen LogP contribution in [0.2, 0.25) is 0 Å². The summed E-state index contributed by atoms with van der Waals surface area (Å²) < 4.78 is 0.868. The molecule has 0 N–H and O–H groups in total. The molecule has 1 atom stereocenters. The average molecular weight is 190 g/mol. The maximum absolute atomic E-state index is 2.44. The molecule has 0 rings (SSSR count). The molecule has 0 radical (unpaired) electrons. The van der Waals surface area contributed by atoms with Crippen LogP contribution in [0.4, 0.5) is 0 Å². The van der Waals surface area contributed by atoms with E-state index in [1.54, 1.807) is 0 Å². The minimum absolute atomic E-state index is 0.868. The molecule has 2 heteroatoms. The standard InChI is InChI=1S/C4H8I.Li/c1-2-3-4-5;/h4H,2-3H2,1H3;. The van der Waals surface area contributed by atoms with Crippen molar-refractivity contribution in [2.75, 3.05) is 0 Å². The third-order valence-electron chi connectivity index (χ3n) is 0.686. The number of hydrogen-bond acceptors (Lipinski definition) is 0. The van der Waals surface area contributed by atoms with Gasteiger partial charge in [-0.05, 0) is 0 Å². The molecule has 0 fully saturated rings. The molecular weight excluding hydrogens is 182 g/mol. The van der Waals surface area contributed by atoms with Gasteiger partial charge in [0.15, 0.2) is 0 Å². The summed E-state index contributed by atoms with van der Waals surface area (Å²) in [6, 6.07) is 0. The van der Waals surface area contributed by atoms with Crippen LogP contribution < -0.4 is 0 Å². The summed E-state index contributed by atoms with van der Waals surface area (Å²) in [5, 5.41) is 0. The van der Waals surface area contributed by atoms with Crippen LogP contribution in [0.1, 0.15) is 19.8 Å². The SMILES string of the molecule is [Li][CH](I)CCC. The summed E-state index contributed by atoms with van der Waals surface area (Å²) in [7, 11) is 0. The number of halogens is 1. The molecule has 1 unspecified atom stereocenters. The summed E-state index contributed by atoms with van der Waals surface area (Å²) in [5.41, 5.74) is 0. The summed E-state index contributed by atoms with van der Waals surface area (Å²) >= 11 is 4.68.